The molecule has 30 heavy (non-hydrogen) atoms. The number of pyridine rings is 2. The Kier molecular flexibility index (Phi) is 5.48. The highest BCUT2D eigenvalue weighted by molar-refractivity contribution is 5.80. The van der Waals surface area contributed by atoms with E-state index in [1.54, 1.807) is 18.2 Å². The molecule has 0 bridgehead atoms. The summed E-state index contributed by atoms with van der Waals surface area (Å²) in [5.41, 5.74) is 11.6. The number of nitrogen functional groups attached to an aromatic ring is 1. The molecule has 3 heterocycles. The predicted octanol–water partition coefficient (Wildman–Crippen LogP) is 4.04. The molecule has 1 atom stereocenters. The molecule has 3 aromatic rings. The van der Waals surface area contributed by atoms with E-state index in [2.05, 4.69) is 16.0 Å². The van der Waals surface area contributed by atoms with Crippen molar-refractivity contribution in [3.8, 4) is 11.3 Å². The van der Waals surface area contributed by atoms with Crippen molar-refractivity contribution < 1.29 is 9.18 Å². The molecule has 1 saturated heterocycles. The number of nitrogens with two attached hydrogens (primary N) is 1. The normalized spacial score (nSPS) is 16.1. The van der Waals surface area contributed by atoms with Gasteiger partial charge in [0.15, 0.2) is 0 Å². The summed E-state index contributed by atoms with van der Waals surface area (Å²) >= 11 is 0. The van der Waals surface area contributed by atoms with Crippen molar-refractivity contribution in [2.45, 2.75) is 32.6 Å². The second-order valence-corrected chi connectivity index (χ2v) is 7.93. The summed E-state index contributed by atoms with van der Waals surface area (Å²) < 4.78 is 13.4. The Morgan fingerprint density at radius 2 is 2.03 bits per heavy atom. The van der Waals surface area contributed by atoms with E-state index in [4.69, 9.17) is 5.73 Å². The summed E-state index contributed by atoms with van der Waals surface area (Å²) in [4.78, 5) is 23.8. The molecule has 2 N–H and O–H groups in total. The second-order valence-electron chi connectivity index (χ2n) is 7.93. The first-order valence-corrected chi connectivity index (χ1v) is 10.1. The fourth-order valence-corrected chi connectivity index (χ4v) is 3.95. The molecule has 0 radical (unpaired) electrons. The third-order valence-corrected chi connectivity index (χ3v) is 5.74. The number of aromatic nitrogens is 2. The minimum atomic E-state index is -0.283. The quantitative estimate of drug-likeness (QED) is 0.712. The van der Waals surface area contributed by atoms with Crippen molar-refractivity contribution in [1.29, 1.82) is 0 Å². The van der Waals surface area contributed by atoms with Gasteiger partial charge in [-0.1, -0.05) is 6.07 Å². The number of likely N-dealkylation sites (tertiary alicyclic amines) is 1. The van der Waals surface area contributed by atoms with Crippen LogP contribution in [-0.2, 0) is 11.2 Å². The zero-order chi connectivity index (χ0) is 21.3. The van der Waals surface area contributed by atoms with Gasteiger partial charge in [-0.15, -0.1) is 0 Å². The van der Waals surface area contributed by atoms with Crippen LogP contribution in [-0.4, -0.2) is 33.9 Å². The van der Waals surface area contributed by atoms with E-state index >= 15 is 0 Å². The number of anilines is 1. The number of carbonyl (C=O) groups excluding carboxylic acids is 1. The highest BCUT2D eigenvalue weighted by Crippen LogP contribution is 2.28. The number of aryl methyl sites for hydroxylation is 2. The van der Waals surface area contributed by atoms with Gasteiger partial charge in [0.1, 0.15) is 5.82 Å². The van der Waals surface area contributed by atoms with Crippen molar-refractivity contribution in [3.05, 3.63) is 77.0 Å². The van der Waals surface area contributed by atoms with E-state index in [0.717, 1.165) is 23.2 Å². The molecule has 6 heteroatoms. The first kappa shape index (κ1) is 20.0. The molecular weight excluding hydrogens is 379 g/mol. The lowest BCUT2D eigenvalue weighted by Crippen LogP contribution is -2.30. The van der Waals surface area contributed by atoms with E-state index in [1.807, 2.05) is 31.0 Å². The maximum absolute atomic E-state index is 13.4. The van der Waals surface area contributed by atoms with Crippen LogP contribution >= 0.6 is 0 Å². The first-order chi connectivity index (χ1) is 14.4. The average Bonchev–Trinajstić information content (AvgIpc) is 3.21. The molecule has 1 aliphatic rings. The molecule has 154 valence electrons. The highest BCUT2D eigenvalue weighted by Gasteiger charge is 2.28. The lowest BCUT2D eigenvalue weighted by Gasteiger charge is -2.17. The molecule has 1 aliphatic heterocycles. The van der Waals surface area contributed by atoms with E-state index in [9.17, 15) is 9.18 Å². The van der Waals surface area contributed by atoms with E-state index in [-0.39, 0.29) is 18.1 Å². The Hall–Kier alpha value is -3.28. The maximum Gasteiger partial charge on any atom is 0.228 e. The van der Waals surface area contributed by atoms with Crippen molar-refractivity contribution >= 4 is 11.6 Å². The van der Waals surface area contributed by atoms with Gasteiger partial charge in [-0.3, -0.25) is 14.8 Å². The number of nitrogens with zero attached hydrogens (tertiary/aromatic N) is 3. The molecule has 1 fully saturated rings. The maximum atomic E-state index is 13.4. The summed E-state index contributed by atoms with van der Waals surface area (Å²) in [6.45, 7) is 5.20. The summed E-state index contributed by atoms with van der Waals surface area (Å²) in [6.07, 6.45) is 2.98. The molecular formula is C24H25FN4O. The summed E-state index contributed by atoms with van der Waals surface area (Å²) in [5, 5.41) is 0. The lowest BCUT2D eigenvalue weighted by atomic mass is 10.0. The second kappa shape index (κ2) is 8.22. The zero-order valence-corrected chi connectivity index (χ0v) is 17.2. The first-order valence-electron chi connectivity index (χ1n) is 10.1. The van der Waals surface area contributed by atoms with Crippen LogP contribution in [0.15, 0.2) is 48.7 Å². The van der Waals surface area contributed by atoms with E-state index in [0.29, 0.717) is 36.1 Å². The molecule has 5 nitrogen and oxygen atoms in total. The summed E-state index contributed by atoms with van der Waals surface area (Å²) in [6, 6.07) is 12.3. The predicted molar refractivity (Wildman–Crippen MR) is 115 cm³/mol. The summed E-state index contributed by atoms with van der Waals surface area (Å²) in [7, 11) is 0. The zero-order valence-electron chi connectivity index (χ0n) is 17.2. The van der Waals surface area contributed by atoms with Gasteiger partial charge in [-0.2, -0.15) is 0 Å². The van der Waals surface area contributed by atoms with E-state index in [1.165, 1.54) is 17.7 Å². The topological polar surface area (TPSA) is 72.1 Å². The van der Waals surface area contributed by atoms with Crippen LogP contribution in [0.1, 0.15) is 34.9 Å². The number of hydrogen-bond acceptors (Lipinski definition) is 4. The SMILES string of the molecule is Cc1ccc(C2CCN(C(=O)Cc3nc(-c4ccc(F)cc4C)ccc3N)C2)cn1. The lowest BCUT2D eigenvalue weighted by molar-refractivity contribution is -0.129. The van der Waals surface area contributed by atoms with Crippen LogP contribution in [0, 0.1) is 19.7 Å². The molecule has 4 rings (SSSR count). The van der Waals surface area contributed by atoms with Gasteiger partial charge < -0.3 is 10.6 Å². The number of amides is 1. The summed E-state index contributed by atoms with van der Waals surface area (Å²) in [5.74, 6) is 0.0414. The number of carbonyl (C=O) groups is 1. The highest BCUT2D eigenvalue weighted by atomic mass is 19.1. The average molecular weight is 404 g/mol. The van der Waals surface area contributed by atoms with Crippen molar-refractivity contribution in [2.75, 3.05) is 18.8 Å². The molecule has 1 amide bonds. The number of halogens is 1. The molecule has 0 saturated carbocycles. The monoisotopic (exact) mass is 404 g/mol. The minimum absolute atomic E-state index is 0.0183. The Balaban J connectivity index is 1.49. The Labute approximate surface area is 175 Å². The Morgan fingerprint density at radius 3 is 2.77 bits per heavy atom. The van der Waals surface area contributed by atoms with Crippen LogP contribution in [0.4, 0.5) is 10.1 Å². The number of rotatable bonds is 4. The fourth-order valence-electron chi connectivity index (χ4n) is 3.95. The van der Waals surface area contributed by atoms with Gasteiger partial charge in [0.2, 0.25) is 5.91 Å². The molecule has 1 aromatic carbocycles. The number of hydrogen-bond donors (Lipinski definition) is 1. The largest absolute Gasteiger partial charge is 0.397 e. The van der Waals surface area contributed by atoms with Gasteiger partial charge in [-0.25, -0.2) is 4.39 Å². The molecule has 2 aromatic heterocycles. The van der Waals surface area contributed by atoms with Gasteiger partial charge in [-0.05, 0) is 67.8 Å². The van der Waals surface area contributed by atoms with Crippen molar-refractivity contribution in [2.24, 2.45) is 0 Å². The number of benzene rings is 1. The standard InChI is InChI=1S/C24H25FN4O/c1-15-11-19(25)5-6-20(15)22-8-7-21(26)23(28-22)12-24(30)29-10-9-18(14-29)17-4-3-16(2)27-13-17/h3-8,11,13,18H,9-10,12,14,26H2,1-2H3. The third-order valence-electron chi connectivity index (χ3n) is 5.74. The van der Waals surface area contributed by atoms with Crippen LogP contribution in [0.25, 0.3) is 11.3 Å². The van der Waals surface area contributed by atoms with Gasteiger partial charge in [0.05, 0.1) is 23.5 Å². The minimum Gasteiger partial charge on any atom is -0.397 e. The van der Waals surface area contributed by atoms with E-state index < -0.39 is 0 Å². The Bertz CT molecular complexity index is 1080. The van der Waals surface area contributed by atoms with Crippen LogP contribution < -0.4 is 5.73 Å². The van der Waals surface area contributed by atoms with Crippen molar-refractivity contribution in [3.63, 3.8) is 0 Å². The third kappa shape index (κ3) is 4.17. The smallest absolute Gasteiger partial charge is 0.228 e. The van der Waals surface area contributed by atoms with Crippen molar-refractivity contribution in [1.82, 2.24) is 14.9 Å². The fraction of sp³-hybridized carbons (Fsp3) is 0.292. The molecule has 1 unspecified atom stereocenters. The molecule has 0 spiro atoms. The van der Waals surface area contributed by atoms with Gasteiger partial charge >= 0.3 is 0 Å². The molecule has 0 aliphatic carbocycles. The van der Waals surface area contributed by atoms with Crippen LogP contribution in [0.3, 0.4) is 0 Å². The van der Waals surface area contributed by atoms with Crippen LogP contribution in [0.2, 0.25) is 0 Å². The van der Waals surface area contributed by atoms with Gasteiger partial charge in [0.25, 0.3) is 0 Å². The van der Waals surface area contributed by atoms with Crippen LogP contribution in [0.5, 0.6) is 0 Å². The Morgan fingerprint density at radius 1 is 1.20 bits per heavy atom. The van der Waals surface area contributed by atoms with Gasteiger partial charge in [0, 0.05) is 36.5 Å².